The molecule has 0 aliphatic carbocycles. The third kappa shape index (κ3) is 2.76. The first-order valence-corrected chi connectivity index (χ1v) is 5.42. The summed E-state index contributed by atoms with van der Waals surface area (Å²) in [6.45, 7) is 0. The summed E-state index contributed by atoms with van der Waals surface area (Å²) in [6, 6.07) is 6.11. The van der Waals surface area contributed by atoms with Crippen LogP contribution >= 0.6 is 0 Å². The van der Waals surface area contributed by atoms with Gasteiger partial charge in [0, 0.05) is 0 Å². The number of carbonyl (C=O) groups is 2. The second kappa shape index (κ2) is 5.30. The van der Waals surface area contributed by atoms with E-state index in [1.165, 1.54) is 30.1 Å². The lowest BCUT2D eigenvalue weighted by molar-refractivity contribution is -0.139. The molecular weight excluding hydrogens is 250 g/mol. The summed E-state index contributed by atoms with van der Waals surface area (Å²) in [5.74, 6) is -1.40. The summed E-state index contributed by atoms with van der Waals surface area (Å²) < 4.78 is 6.04. The predicted octanol–water partition coefficient (Wildman–Crippen LogP) is 0.681. The molecule has 0 spiro atoms. The van der Waals surface area contributed by atoms with E-state index in [9.17, 15) is 9.59 Å². The van der Waals surface area contributed by atoms with E-state index >= 15 is 0 Å². The molecule has 0 atom stereocenters. The van der Waals surface area contributed by atoms with Crippen molar-refractivity contribution in [3.8, 4) is 5.69 Å². The minimum Gasteiger partial charge on any atom is -0.478 e. The van der Waals surface area contributed by atoms with E-state index in [0.717, 1.165) is 0 Å². The molecule has 1 aromatic heterocycles. The van der Waals surface area contributed by atoms with Crippen molar-refractivity contribution in [3.63, 3.8) is 0 Å². The molecule has 1 N–H and O–H groups in total. The summed E-state index contributed by atoms with van der Waals surface area (Å²) in [5, 5.41) is 16.4. The van der Waals surface area contributed by atoms with Gasteiger partial charge in [0.25, 0.3) is 0 Å². The number of carboxylic acid groups (broad SMARTS) is 1. The van der Waals surface area contributed by atoms with Crippen LogP contribution in [0.1, 0.15) is 16.1 Å². The van der Waals surface area contributed by atoms with Crippen molar-refractivity contribution in [2.45, 2.75) is 6.42 Å². The number of aromatic nitrogens is 3. The van der Waals surface area contributed by atoms with Gasteiger partial charge in [-0.05, 0) is 24.3 Å². The van der Waals surface area contributed by atoms with Crippen LogP contribution in [0.25, 0.3) is 5.69 Å². The molecule has 0 saturated heterocycles. The number of aromatic carboxylic acids is 1. The fourth-order valence-corrected chi connectivity index (χ4v) is 1.56. The third-order valence-electron chi connectivity index (χ3n) is 2.53. The summed E-state index contributed by atoms with van der Waals surface area (Å²) >= 11 is 0. The summed E-state index contributed by atoms with van der Waals surface area (Å²) in [6.07, 6.45) is 1.51. The monoisotopic (exact) mass is 261 g/mol. The van der Waals surface area contributed by atoms with Crippen molar-refractivity contribution in [1.82, 2.24) is 15.0 Å². The number of methoxy groups -OCH3 is 1. The Labute approximate surface area is 108 Å². The third-order valence-corrected chi connectivity index (χ3v) is 2.53. The van der Waals surface area contributed by atoms with Gasteiger partial charge in [-0.15, -0.1) is 5.10 Å². The molecule has 0 bridgehead atoms. The Hall–Kier alpha value is -2.70. The van der Waals surface area contributed by atoms with Crippen LogP contribution < -0.4 is 0 Å². The maximum absolute atomic E-state index is 11.2. The van der Waals surface area contributed by atoms with Gasteiger partial charge in [0.15, 0.2) is 0 Å². The van der Waals surface area contributed by atoms with Crippen LogP contribution in [0.4, 0.5) is 0 Å². The number of hydrogen-bond donors (Lipinski definition) is 1. The first-order chi connectivity index (χ1) is 9.11. The minimum atomic E-state index is -1.00. The number of hydrogen-bond acceptors (Lipinski definition) is 5. The van der Waals surface area contributed by atoms with Gasteiger partial charge in [0.2, 0.25) is 0 Å². The SMILES string of the molecule is COC(=O)Cc1cnnn1-c1ccc(C(=O)O)cc1. The van der Waals surface area contributed by atoms with Gasteiger partial charge < -0.3 is 9.84 Å². The molecule has 0 amide bonds. The molecule has 7 heteroatoms. The fourth-order valence-electron chi connectivity index (χ4n) is 1.56. The Morgan fingerprint density at radius 3 is 2.58 bits per heavy atom. The van der Waals surface area contributed by atoms with E-state index in [1.807, 2.05) is 0 Å². The lowest BCUT2D eigenvalue weighted by atomic mass is 10.2. The van der Waals surface area contributed by atoms with Gasteiger partial charge in [-0.1, -0.05) is 5.21 Å². The molecule has 1 heterocycles. The lowest BCUT2D eigenvalue weighted by Crippen LogP contribution is -2.10. The molecule has 1 aromatic carbocycles. The summed E-state index contributed by atoms with van der Waals surface area (Å²) in [4.78, 5) is 22.0. The van der Waals surface area contributed by atoms with E-state index in [-0.39, 0.29) is 12.0 Å². The maximum atomic E-state index is 11.2. The Morgan fingerprint density at radius 1 is 1.32 bits per heavy atom. The van der Waals surface area contributed by atoms with Crippen molar-refractivity contribution in [2.24, 2.45) is 0 Å². The number of carbonyl (C=O) groups excluding carboxylic acids is 1. The van der Waals surface area contributed by atoms with Gasteiger partial charge in [-0.2, -0.15) is 0 Å². The molecule has 0 aliphatic rings. The van der Waals surface area contributed by atoms with Gasteiger partial charge in [-0.25, -0.2) is 9.48 Å². The zero-order valence-electron chi connectivity index (χ0n) is 10.1. The molecule has 98 valence electrons. The molecule has 0 saturated carbocycles. The molecule has 0 radical (unpaired) electrons. The van der Waals surface area contributed by atoms with Gasteiger partial charge in [0.1, 0.15) is 0 Å². The van der Waals surface area contributed by atoms with Crippen molar-refractivity contribution >= 4 is 11.9 Å². The molecule has 0 unspecified atom stereocenters. The number of ether oxygens (including phenoxy) is 1. The largest absolute Gasteiger partial charge is 0.478 e. The molecular formula is C12H11N3O4. The molecule has 19 heavy (non-hydrogen) atoms. The van der Waals surface area contributed by atoms with Crippen molar-refractivity contribution < 1.29 is 19.4 Å². The number of carboxylic acids is 1. The van der Waals surface area contributed by atoms with E-state index < -0.39 is 11.9 Å². The highest BCUT2D eigenvalue weighted by molar-refractivity contribution is 5.87. The molecule has 2 rings (SSSR count). The summed E-state index contributed by atoms with van der Waals surface area (Å²) in [5.41, 5.74) is 1.37. The van der Waals surface area contributed by atoms with Crippen LogP contribution in [0.3, 0.4) is 0 Å². The zero-order valence-corrected chi connectivity index (χ0v) is 10.1. The molecule has 0 fully saturated rings. The summed E-state index contributed by atoms with van der Waals surface area (Å²) in [7, 11) is 1.30. The van der Waals surface area contributed by atoms with Gasteiger partial charge in [-0.3, -0.25) is 4.79 Å². The number of rotatable bonds is 4. The quantitative estimate of drug-likeness (QED) is 0.813. The van der Waals surface area contributed by atoms with Gasteiger partial charge >= 0.3 is 11.9 Å². The number of esters is 1. The first kappa shape index (κ1) is 12.7. The van der Waals surface area contributed by atoms with Crippen LogP contribution in [-0.4, -0.2) is 39.1 Å². The predicted molar refractivity (Wildman–Crippen MR) is 64.0 cm³/mol. The van der Waals surface area contributed by atoms with Crippen LogP contribution in [-0.2, 0) is 16.0 Å². The molecule has 0 aliphatic heterocycles. The lowest BCUT2D eigenvalue weighted by Gasteiger charge is -2.05. The van der Waals surface area contributed by atoms with Crippen LogP contribution in [0.2, 0.25) is 0 Å². The maximum Gasteiger partial charge on any atom is 0.335 e. The number of benzene rings is 1. The topological polar surface area (TPSA) is 94.3 Å². The van der Waals surface area contributed by atoms with Gasteiger partial charge in [0.05, 0.1) is 36.7 Å². The normalized spacial score (nSPS) is 10.2. The van der Waals surface area contributed by atoms with Crippen LogP contribution in [0.15, 0.2) is 30.5 Å². The average Bonchev–Trinajstić information content (AvgIpc) is 2.86. The second-order valence-electron chi connectivity index (χ2n) is 3.74. The fraction of sp³-hybridized carbons (Fsp3) is 0.167. The van der Waals surface area contributed by atoms with E-state index in [2.05, 4.69) is 15.0 Å². The standard InChI is InChI=1S/C12H11N3O4/c1-19-11(16)6-10-7-13-14-15(10)9-4-2-8(3-5-9)12(17)18/h2-5,7H,6H2,1H3,(H,17,18). The van der Waals surface area contributed by atoms with Crippen LogP contribution in [0.5, 0.6) is 0 Å². The minimum absolute atomic E-state index is 0.0458. The first-order valence-electron chi connectivity index (χ1n) is 5.42. The zero-order chi connectivity index (χ0) is 13.8. The molecule has 2 aromatic rings. The smallest absolute Gasteiger partial charge is 0.335 e. The van der Waals surface area contributed by atoms with E-state index in [1.54, 1.807) is 12.1 Å². The Kier molecular flexibility index (Phi) is 3.56. The Morgan fingerprint density at radius 2 is 2.00 bits per heavy atom. The van der Waals surface area contributed by atoms with Crippen molar-refractivity contribution in [3.05, 3.63) is 41.7 Å². The highest BCUT2D eigenvalue weighted by Gasteiger charge is 2.11. The van der Waals surface area contributed by atoms with E-state index in [4.69, 9.17) is 5.11 Å². The Bertz CT molecular complexity index is 604. The highest BCUT2D eigenvalue weighted by Crippen LogP contribution is 2.12. The van der Waals surface area contributed by atoms with Crippen molar-refractivity contribution in [2.75, 3.05) is 7.11 Å². The van der Waals surface area contributed by atoms with E-state index in [0.29, 0.717) is 11.4 Å². The molecule has 7 nitrogen and oxygen atoms in total. The average molecular weight is 261 g/mol. The highest BCUT2D eigenvalue weighted by atomic mass is 16.5. The second-order valence-corrected chi connectivity index (χ2v) is 3.74. The number of nitrogens with zero attached hydrogens (tertiary/aromatic N) is 3. The van der Waals surface area contributed by atoms with Crippen LogP contribution in [0, 0.1) is 0 Å². The Balaban J connectivity index is 2.29. The van der Waals surface area contributed by atoms with Crippen molar-refractivity contribution in [1.29, 1.82) is 0 Å².